The first kappa shape index (κ1) is 15.1. The molecule has 0 amide bonds. The molecule has 0 bridgehead atoms. The zero-order valence-electron chi connectivity index (χ0n) is 11.1. The fourth-order valence-electron chi connectivity index (χ4n) is 1.63. The Morgan fingerprint density at radius 2 is 1.94 bits per heavy atom. The van der Waals surface area contributed by atoms with Gasteiger partial charge < -0.3 is 14.8 Å². The summed E-state index contributed by atoms with van der Waals surface area (Å²) in [6, 6.07) is 7.91. The molecular formula is C13H21NO3S. The molecule has 1 aromatic rings. The van der Waals surface area contributed by atoms with E-state index in [9.17, 15) is 4.21 Å². The number of rotatable bonds is 8. The quantitative estimate of drug-likeness (QED) is 0.775. The van der Waals surface area contributed by atoms with Crippen molar-refractivity contribution in [1.82, 2.24) is 5.32 Å². The molecular weight excluding hydrogens is 250 g/mol. The van der Waals surface area contributed by atoms with Gasteiger partial charge in [-0.25, -0.2) is 0 Å². The van der Waals surface area contributed by atoms with Crippen LogP contribution < -0.4 is 10.1 Å². The standard InChI is InChI=1S/C13H21NO3S/c1-14-13(10-18(15)9-8-16-2)11-4-6-12(17-3)7-5-11/h4-7,13-14H,8-10H2,1-3H3. The van der Waals surface area contributed by atoms with Crippen LogP contribution in [0.1, 0.15) is 11.6 Å². The number of methoxy groups -OCH3 is 2. The van der Waals surface area contributed by atoms with Gasteiger partial charge in [0.05, 0.1) is 13.7 Å². The maximum Gasteiger partial charge on any atom is 0.118 e. The highest BCUT2D eigenvalue weighted by atomic mass is 32.2. The molecule has 1 rings (SSSR count). The van der Waals surface area contributed by atoms with Gasteiger partial charge in [0.2, 0.25) is 0 Å². The Labute approximate surface area is 111 Å². The monoisotopic (exact) mass is 271 g/mol. The first-order valence-corrected chi connectivity index (χ1v) is 7.35. The third kappa shape index (κ3) is 4.76. The molecule has 0 saturated carbocycles. The number of hydrogen-bond acceptors (Lipinski definition) is 4. The van der Waals surface area contributed by atoms with Gasteiger partial charge in [-0.05, 0) is 24.7 Å². The largest absolute Gasteiger partial charge is 0.497 e. The van der Waals surface area contributed by atoms with E-state index in [-0.39, 0.29) is 6.04 Å². The summed E-state index contributed by atoms with van der Waals surface area (Å²) in [7, 11) is 4.27. The molecule has 0 fully saturated rings. The van der Waals surface area contributed by atoms with Crippen molar-refractivity contribution in [3.63, 3.8) is 0 Å². The van der Waals surface area contributed by atoms with Crippen LogP contribution in [0.25, 0.3) is 0 Å². The van der Waals surface area contributed by atoms with Crippen LogP contribution in [0, 0.1) is 0 Å². The van der Waals surface area contributed by atoms with E-state index in [2.05, 4.69) is 5.32 Å². The number of hydrogen-bond donors (Lipinski definition) is 1. The van der Waals surface area contributed by atoms with E-state index in [0.717, 1.165) is 11.3 Å². The van der Waals surface area contributed by atoms with E-state index in [4.69, 9.17) is 9.47 Å². The molecule has 0 aromatic heterocycles. The molecule has 0 heterocycles. The summed E-state index contributed by atoms with van der Waals surface area (Å²) in [5.41, 5.74) is 1.11. The van der Waals surface area contributed by atoms with Crippen molar-refractivity contribution in [2.75, 3.05) is 39.4 Å². The maximum atomic E-state index is 11.8. The lowest BCUT2D eigenvalue weighted by molar-refractivity contribution is 0.218. The molecule has 0 saturated heterocycles. The van der Waals surface area contributed by atoms with Gasteiger partial charge in [0.25, 0.3) is 0 Å². The molecule has 0 radical (unpaired) electrons. The predicted molar refractivity (Wildman–Crippen MR) is 74.5 cm³/mol. The predicted octanol–water partition coefficient (Wildman–Crippen LogP) is 1.35. The van der Waals surface area contributed by atoms with Crippen molar-refractivity contribution >= 4 is 10.8 Å². The second-order valence-corrected chi connectivity index (χ2v) is 5.54. The summed E-state index contributed by atoms with van der Waals surface area (Å²) in [4.78, 5) is 0. The number of nitrogens with one attached hydrogen (secondary N) is 1. The second kappa shape index (κ2) is 8.24. The first-order chi connectivity index (χ1) is 8.71. The lowest BCUT2D eigenvalue weighted by Gasteiger charge is -2.16. The van der Waals surface area contributed by atoms with E-state index in [1.54, 1.807) is 14.2 Å². The molecule has 1 aromatic carbocycles. The smallest absolute Gasteiger partial charge is 0.118 e. The Kier molecular flexibility index (Phi) is 6.93. The van der Waals surface area contributed by atoms with Crippen molar-refractivity contribution in [2.24, 2.45) is 0 Å². The second-order valence-electron chi connectivity index (χ2n) is 3.92. The van der Waals surface area contributed by atoms with E-state index in [1.165, 1.54) is 0 Å². The van der Waals surface area contributed by atoms with Crippen LogP contribution in [0.3, 0.4) is 0 Å². The number of benzene rings is 1. The topological polar surface area (TPSA) is 47.6 Å². The average molecular weight is 271 g/mol. The summed E-state index contributed by atoms with van der Waals surface area (Å²) in [5.74, 6) is 1.99. The van der Waals surface area contributed by atoms with E-state index >= 15 is 0 Å². The Balaban J connectivity index is 2.61. The molecule has 5 heteroatoms. The minimum Gasteiger partial charge on any atom is -0.497 e. The van der Waals surface area contributed by atoms with Gasteiger partial charge in [-0.3, -0.25) is 4.21 Å². The van der Waals surface area contributed by atoms with Crippen LogP contribution in [0.4, 0.5) is 0 Å². The lowest BCUT2D eigenvalue weighted by atomic mass is 10.1. The van der Waals surface area contributed by atoms with Gasteiger partial charge in [-0.1, -0.05) is 12.1 Å². The number of ether oxygens (including phenoxy) is 2. The molecule has 2 atom stereocenters. The van der Waals surface area contributed by atoms with Crippen LogP contribution in [0.5, 0.6) is 5.75 Å². The normalized spacial score (nSPS) is 14.2. The summed E-state index contributed by atoms with van der Waals surface area (Å²) >= 11 is 0. The maximum absolute atomic E-state index is 11.8. The van der Waals surface area contributed by atoms with Crippen LogP contribution in [-0.2, 0) is 15.5 Å². The van der Waals surface area contributed by atoms with Crippen LogP contribution in [0.15, 0.2) is 24.3 Å². The Hall–Kier alpha value is -0.910. The van der Waals surface area contributed by atoms with Gasteiger partial charge in [0, 0.05) is 35.5 Å². The van der Waals surface area contributed by atoms with Crippen LogP contribution in [-0.4, -0.2) is 43.6 Å². The zero-order chi connectivity index (χ0) is 13.4. The fourth-order valence-corrected chi connectivity index (χ4v) is 2.88. The molecule has 0 aliphatic rings. The molecule has 0 spiro atoms. The van der Waals surface area contributed by atoms with Crippen molar-refractivity contribution in [1.29, 1.82) is 0 Å². The highest BCUT2D eigenvalue weighted by Gasteiger charge is 2.13. The zero-order valence-corrected chi connectivity index (χ0v) is 12.0. The van der Waals surface area contributed by atoms with Gasteiger partial charge in [0.15, 0.2) is 0 Å². The molecule has 0 aliphatic carbocycles. The first-order valence-electron chi connectivity index (χ1n) is 5.86. The van der Waals surface area contributed by atoms with Crippen molar-refractivity contribution in [3.05, 3.63) is 29.8 Å². The molecule has 0 aliphatic heterocycles. The molecule has 4 nitrogen and oxygen atoms in total. The van der Waals surface area contributed by atoms with E-state index < -0.39 is 10.8 Å². The molecule has 2 unspecified atom stereocenters. The minimum atomic E-state index is -0.876. The van der Waals surface area contributed by atoms with Gasteiger partial charge in [0.1, 0.15) is 5.75 Å². The average Bonchev–Trinajstić information content (AvgIpc) is 2.42. The Morgan fingerprint density at radius 3 is 2.44 bits per heavy atom. The lowest BCUT2D eigenvalue weighted by Crippen LogP contribution is -2.24. The summed E-state index contributed by atoms with van der Waals surface area (Å²) < 4.78 is 21.9. The fraction of sp³-hybridized carbons (Fsp3) is 0.538. The Morgan fingerprint density at radius 1 is 1.28 bits per heavy atom. The summed E-state index contributed by atoms with van der Waals surface area (Å²) in [5, 5.41) is 3.19. The SMILES string of the molecule is CNC(CS(=O)CCOC)c1ccc(OC)cc1. The Bertz CT molecular complexity index is 367. The van der Waals surface area contributed by atoms with E-state index in [0.29, 0.717) is 18.1 Å². The van der Waals surface area contributed by atoms with Crippen molar-refractivity contribution < 1.29 is 13.7 Å². The molecule has 1 N–H and O–H groups in total. The van der Waals surface area contributed by atoms with Crippen molar-refractivity contribution in [3.8, 4) is 5.75 Å². The van der Waals surface area contributed by atoms with E-state index in [1.807, 2.05) is 31.3 Å². The summed E-state index contributed by atoms with van der Waals surface area (Å²) in [6.07, 6.45) is 0. The van der Waals surface area contributed by atoms with Crippen LogP contribution in [0.2, 0.25) is 0 Å². The van der Waals surface area contributed by atoms with Crippen molar-refractivity contribution in [2.45, 2.75) is 6.04 Å². The highest BCUT2D eigenvalue weighted by molar-refractivity contribution is 7.85. The van der Waals surface area contributed by atoms with Crippen LogP contribution >= 0.6 is 0 Å². The van der Waals surface area contributed by atoms with Gasteiger partial charge >= 0.3 is 0 Å². The molecule has 102 valence electrons. The van der Waals surface area contributed by atoms with Gasteiger partial charge in [-0.15, -0.1) is 0 Å². The summed E-state index contributed by atoms with van der Waals surface area (Å²) in [6.45, 7) is 0.533. The highest BCUT2D eigenvalue weighted by Crippen LogP contribution is 2.18. The third-order valence-electron chi connectivity index (χ3n) is 2.73. The van der Waals surface area contributed by atoms with Gasteiger partial charge in [-0.2, -0.15) is 0 Å². The minimum absolute atomic E-state index is 0.0913. The third-order valence-corrected chi connectivity index (χ3v) is 4.06. The molecule has 18 heavy (non-hydrogen) atoms.